The minimum atomic E-state index is -0.0224. The Morgan fingerprint density at radius 1 is 1.10 bits per heavy atom. The maximum absolute atomic E-state index is 5.58. The quantitative estimate of drug-likeness (QED) is 0.755. The van der Waals surface area contributed by atoms with Gasteiger partial charge in [0.2, 0.25) is 11.9 Å². The van der Waals surface area contributed by atoms with Crippen LogP contribution in [0.2, 0.25) is 0 Å². The van der Waals surface area contributed by atoms with Crippen LogP contribution in [-0.4, -0.2) is 40.7 Å². The first-order chi connectivity index (χ1) is 9.94. The van der Waals surface area contributed by atoms with Crippen molar-refractivity contribution in [3.8, 4) is 6.01 Å². The molecule has 21 heavy (non-hydrogen) atoms. The fourth-order valence-corrected chi connectivity index (χ4v) is 1.58. The molecule has 0 atom stereocenters. The summed E-state index contributed by atoms with van der Waals surface area (Å²) in [5.74, 6) is 1.22. The third-order valence-corrected chi connectivity index (χ3v) is 3.64. The van der Waals surface area contributed by atoms with Gasteiger partial charge in [-0.05, 0) is 33.1 Å². The molecule has 0 saturated carbocycles. The van der Waals surface area contributed by atoms with E-state index in [1.807, 2.05) is 7.05 Å². The van der Waals surface area contributed by atoms with E-state index in [1.165, 1.54) is 0 Å². The molecule has 1 aromatic heterocycles. The number of nitrogens with one attached hydrogen (secondary N) is 1. The van der Waals surface area contributed by atoms with E-state index in [9.17, 15) is 0 Å². The second-order valence-electron chi connectivity index (χ2n) is 5.74. The van der Waals surface area contributed by atoms with Gasteiger partial charge in [-0.25, -0.2) is 0 Å². The summed E-state index contributed by atoms with van der Waals surface area (Å²) in [7, 11) is 2.01. The third kappa shape index (κ3) is 5.02. The van der Waals surface area contributed by atoms with Crippen LogP contribution in [0, 0.1) is 0 Å². The molecule has 0 bridgehead atoms. The number of anilines is 2. The smallest absolute Gasteiger partial charge is 0.323 e. The molecule has 6 nitrogen and oxygen atoms in total. The van der Waals surface area contributed by atoms with Crippen LogP contribution < -0.4 is 15.0 Å². The van der Waals surface area contributed by atoms with E-state index < -0.39 is 0 Å². The maximum atomic E-state index is 5.58. The second-order valence-corrected chi connectivity index (χ2v) is 5.74. The highest BCUT2D eigenvalue weighted by molar-refractivity contribution is 5.39. The Morgan fingerprint density at radius 2 is 1.81 bits per heavy atom. The molecule has 1 rings (SSSR count). The Labute approximate surface area is 128 Å². The van der Waals surface area contributed by atoms with Gasteiger partial charge in [-0.1, -0.05) is 20.8 Å². The van der Waals surface area contributed by atoms with Crippen molar-refractivity contribution in [3.63, 3.8) is 0 Å². The highest BCUT2D eigenvalue weighted by Gasteiger charge is 2.24. The second kappa shape index (κ2) is 8.00. The summed E-state index contributed by atoms with van der Waals surface area (Å²) in [5, 5.41) is 3.21. The maximum Gasteiger partial charge on any atom is 0.323 e. The molecule has 0 aliphatic carbocycles. The van der Waals surface area contributed by atoms with Gasteiger partial charge in [0.05, 0.1) is 6.61 Å². The minimum Gasteiger partial charge on any atom is -0.463 e. The average Bonchev–Trinajstić information content (AvgIpc) is 2.49. The van der Waals surface area contributed by atoms with Crippen LogP contribution in [0.1, 0.15) is 53.9 Å². The Bertz CT molecular complexity index is 410. The van der Waals surface area contributed by atoms with Crippen LogP contribution >= 0.6 is 0 Å². The first-order valence-corrected chi connectivity index (χ1v) is 7.81. The lowest BCUT2D eigenvalue weighted by Crippen LogP contribution is -2.41. The topological polar surface area (TPSA) is 63.2 Å². The zero-order valence-corrected chi connectivity index (χ0v) is 14.2. The largest absolute Gasteiger partial charge is 0.463 e. The van der Waals surface area contributed by atoms with Crippen molar-refractivity contribution in [2.24, 2.45) is 0 Å². The van der Waals surface area contributed by atoms with Crippen molar-refractivity contribution in [2.45, 2.75) is 59.4 Å². The molecule has 0 aromatic carbocycles. The molecule has 0 unspecified atom stereocenters. The van der Waals surface area contributed by atoms with Gasteiger partial charge in [-0.3, -0.25) is 0 Å². The summed E-state index contributed by atoms with van der Waals surface area (Å²) in [6.45, 7) is 12.1. The fourth-order valence-electron chi connectivity index (χ4n) is 1.58. The van der Waals surface area contributed by atoms with Gasteiger partial charge < -0.3 is 15.0 Å². The van der Waals surface area contributed by atoms with Gasteiger partial charge in [0.15, 0.2) is 0 Å². The summed E-state index contributed by atoms with van der Waals surface area (Å²) < 4.78 is 5.58. The number of rotatable bonds is 9. The van der Waals surface area contributed by atoms with Crippen molar-refractivity contribution in [3.05, 3.63) is 0 Å². The first kappa shape index (κ1) is 17.5. The van der Waals surface area contributed by atoms with Crippen LogP contribution in [0.3, 0.4) is 0 Å². The zero-order valence-electron chi connectivity index (χ0n) is 14.2. The predicted octanol–water partition coefficient (Wildman–Crippen LogP) is 3.11. The van der Waals surface area contributed by atoms with Crippen LogP contribution in [0.15, 0.2) is 0 Å². The minimum absolute atomic E-state index is 0.0224. The predicted molar refractivity (Wildman–Crippen MR) is 87.2 cm³/mol. The van der Waals surface area contributed by atoms with Gasteiger partial charge >= 0.3 is 6.01 Å². The number of hydrogen-bond donors (Lipinski definition) is 1. The van der Waals surface area contributed by atoms with E-state index in [1.54, 1.807) is 0 Å². The highest BCUT2D eigenvalue weighted by atomic mass is 16.5. The number of hydrogen-bond acceptors (Lipinski definition) is 6. The van der Waals surface area contributed by atoms with Crippen molar-refractivity contribution >= 4 is 11.9 Å². The molecular formula is C15H29N5O. The summed E-state index contributed by atoms with van der Waals surface area (Å²) in [6, 6.07) is 0.388. The lowest BCUT2D eigenvalue weighted by Gasteiger charge is -2.34. The molecule has 0 saturated heterocycles. The zero-order chi connectivity index (χ0) is 15.9. The van der Waals surface area contributed by atoms with E-state index in [0.29, 0.717) is 24.5 Å². The normalized spacial score (nSPS) is 11.3. The Morgan fingerprint density at radius 3 is 2.38 bits per heavy atom. The van der Waals surface area contributed by atoms with E-state index in [2.05, 4.69) is 59.8 Å². The number of nitrogens with zero attached hydrogens (tertiary/aromatic N) is 4. The first-order valence-electron chi connectivity index (χ1n) is 7.81. The number of ether oxygens (including phenoxy) is 1. The molecule has 1 aromatic rings. The molecule has 0 aliphatic rings. The van der Waals surface area contributed by atoms with Gasteiger partial charge in [0, 0.05) is 19.1 Å². The van der Waals surface area contributed by atoms with Crippen LogP contribution in [0.5, 0.6) is 6.01 Å². The molecule has 120 valence electrons. The monoisotopic (exact) mass is 295 g/mol. The summed E-state index contributed by atoms with van der Waals surface area (Å²) in [5.41, 5.74) is -0.0224. The van der Waals surface area contributed by atoms with Crippen molar-refractivity contribution < 1.29 is 4.74 Å². The molecule has 6 heteroatoms. The summed E-state index contributed by atoms with van der Waals surface area (Å²) >= 11 is 0. The van der Waals surface area contributed by atoms with Gasteiger partial charge in [0.25, 0.3) is 0 Å². The lowest BCUT2D eigenvalue weighted by atomic mass is 10.0. The fraction of sp³-hybridized carbons (Fsp3) is 0.800. The van der Waals surface area contributed by atoms with E-state index in [4.69, 9.17) is 4.74 Å². The molecule has 0 radical (unpaired) electrons. The van der Waals surface area contributed by atoms with E-state index in [0.717, 1.165) is 25.8 Å². The van der Waals surface area contributed by atoms with Crippen LogP contribution in [-0.2, 0) is 0 Å². The van der Waals surface area contributed by atoms with Crippen LogP contribution in [0.4, 0.5) is 11.9 Å². The molecule has 0 aliphatic heterocycles. The Hall–Kier alpha value is -1.59. The number of aromatic nitrogens is 3. The van der Waals surface area contributed by atoms with Gasteiger partial charge in [0.1, 0.15) is 0 Å². The van der Waals surface area contributed by atoms with Gasteiger partial charge in [-0.2, -0.15) is 15.0 Å². The molecule has 1 heterocycles. The third-order valence-electron chi connectivity index (χ3n) is 3.64. The molecule has 0 fully saturated rings. The lowest BCUT2D eigenvalue weighted by molar-refractivity contribution is 0.291. The molecule has 1 N–H and O–H groups in total. The SMILES string of the molecule is CCCNc1nc(OCCC)nc(N(C)C(C)(C)CC)n1. The van der Waals surface area contributed by atoms with Gasteiger partial charge in [-0.15, -0.1) is 0 Å². The standard InChI is InChI=1S/C15H29N5O/c1-7-10-16-12-17-13(20(6)15(4,5)9-3)19-14(18-12)21-11-8-2/h7-11H2,1-6H3,(H,16,17,18,19). The Kier molecular flexibility index (Phi) is 6.65. The Balaban J connectivity index is 3.05. The summed E-state index contributed by atoms with van der Waals surface area (Å²) in [6.07, 6.45) is 2.94. The van der Waals surface area contributed by atoms with E-state index >= 15 is 0 Å². The molecule has 0 amide bonds. The van der Waals surface area contributed by atoms with Crippen molar-refractivity contribution in [1.29, 1.82) is 0 Å². The highest BCUT2D eigenvalue weighted by Crippen LogP contribution is 2.23. The van der Waals surface area contributed by atoms with E-state index in [-0.39, 0.29) is 5.54 Å². The van der Waals surface area contributed by atoms with Crippen molar-refractivity contribution in [2.75, 3.05) is 30.4 Å². The summed E-state index contributed by atoms with van der Waals surface area (Å²) in [4.78, 5) is 15.3. The molecular weight excluding hydrogens is 266 g/mol. The van der Waals surface area contributed by atoms with Crippen LogP contribution in [0.25, 0.3) is 0 Å². The average molecular weight is 295 g/mol. The van der Waals surface area contributed by atoms with Crippen molar-refractivity contribution in [1.82, 2.24) is 15.0 Å². The molecule has 0 spiro atoms.